The van der Waals surface area contributed by atoms with Crippen LogP contribution in [0.3, 0.4) is 0 Å². The molecule has 0 fully saturated rings. The Labute approximate surface area is 59.6 Å². The van der Waals surface area contributed by atoms with Crippen molar-refractivity contribution in [3.8, 4) is 0 Å². The minimum Gasteiger partial charge on any atom is -0.274 e. The van der Waals surface area contributed by atoms with Gasteiger partial charge in [0.1, 0.15) is 0 Å². The molecule has 0 aliphatic rings. The van der Waals surface area contributed by atoms with Crippen molar-refractivity contribution in [3.05, 3.63) is 0 Å². The van der Waals surface area contributed by atoms with Gasteiger partial charge in [-0.3, -0.25) is 8.98 Å². The number of carbonyl (C=O) groups is 1. The highest BCUT2D eigenvalue weighted by molar-refractivity contribution is 7.85. The summed E-state index contributed by atoms with van der Waals surface area (Å²) in [5, 5.41) is 0. The minimum atomic E-state index is -3.83. The molecule has 0 radical (unpaired) electrons. The molecular weight excluding hydrogens is 158 g/mol. The first-order valence-corrected chi connectivity index (χ1v) is 4.06. The van der Waals surface area contributed by atoms with Gasteiger partial charge in [0.25, 0.3) is 0 Å². The second-order valence-electron chi connectivity index (χ2n) is 1.52. The first-order chi connectivity index (χ1) is 4.48. The summed E-state index contributed by atoms with van der Waals surface area (Å²) in [6.07, 6.45) is 0. The van der Waals surface area contributed by atoms with Crippen LogP contribution in [0.2, 0.25) is 0 Å². The molecule has 0 bridgehead atoms. The molecule has 1 amide bonds. The lowest BCUT2D eigenvalue weighted by atomic mass is 10.8. The van der Waals surface area contributed by atoms with Crippen molar-refractivity contribution in [2.75, 3.05) is 6.61 Å². The van der Waals surface area contributed by atoms with Gasteiger partial charge in [0.2, 0.25) is 5.91 Å². The Morgan fingerprint density at radius 1 is 1.60 bits per heavy atom. The molecule has 0 aromatic heterocycles. The second-order valence-corrected chi connectivity index (χ2v) is 2.87. The highest BCUT2D eigenvalue weighted by Crippen LogP contribution is 1.85. The van der Waals surface area contributed by atoms with Crippen LogP contribution in [0.1, 0.15) is 13.8 Å². The van der Waals surface area contributed by atoms with Crippen LogP contribution in [0.15, 0.2) is 0 Å². The first kappa shape index (κ1) is 9.38. The number of rotatable bonds is 3. The summed E-state index contributed by atoms with van der Waals surface area (Å²) < 4.78 is 26.8. The molecule has 0 aromatic rings. The molecule has 0 unspecified atom stereocenters. The summed E-state index contributed by atoms with van der Waals surface area (Å²) >= 11 is 0. The van der Waals surface area contributed by atoms with Crippen molar-refractivity contribution in [2.24, 2.45) is 0 Å². The molecule has 0 spiro atoms. The van der Waals surface area contributed by atoms with Crippen LogP contribution in [-0.2, 0) is 19.3 Å². The fourth-order valence-corrected chi connectivity index (χ4v) is 1.08. The summed E-state index contributed by atoms with van der Waals surface area (Å²) in [5.41, 5.74) is 0. The summed E-state index contributed by atoms with van der Waals surface area (Å²) in [4.78, 5) is 10.2. The van der Waals surface area contributed by atoms with Gasteiger partial charge in [0, 0.05) is 6.92 Å². The van der Waals surface area contributed by atoms with E-state index in [4.69, 9.17) is 0 Å². The van der Waals surface area contributed by atoms with Gasteiger partial charge in [-0.25, -0.2) is 4.72 Å². The topological polar surface area (TPSA) is 72.5 Å². The van der Waals surface area contributed by atoms with Crippen LogP contribution < -0.4 is 4.72 Å². The quantitative estimate of drug-likeness (QED) is 0.609. The van der Waals surface area contributed by atoms with Gasteiger partial charge in [-0.2, -0.15) is 8.42 Å². The molecule has 0 heterocycles. The first-order valence-electron chi connectivity index (χ1n) is 2.65. The molecule has 0 saturated carbocycles. The third-order valence-electron chi connectivity index (χ3n) is 0.542. The van der Waals surface area contributed by atoms with Crippen LogP contribution in [0.5, 0.6) is 0 Å². The fraction of sp³-hybridized carbons (Fsp3) is 0.750. The van der Waals surface area contributed by atoms with Gasteiger partial charge in [0.05, 0.1) is 6.61 Å². The Morgan fingerprint density at radius 2 is 2.10 bits per heavy atom. The normalized spacial score (nSPS) is 11.0. The van der Waals surface area contributed by atoms with Crippen molar-refractivity contribution in [1.82, 2.24) is 4.72 Å². The van der Waals surface area contributed by atoms with Crippen LogP contribution in [-0.4, -0.2) is 20.9 Å². The Bertz CT molecular complexity index is 207. The molecule has 0 aliphatic carbocycles. The van der Waals surface area contributed by atoms with Crippen LogP contribution in [0.25, 0.3) is 0 Å². The van der Waals surface area contributed by atoms with Crippen LogP contribution in [0.4, 0.5) is 0 Å². The van der Waals surface area contributed by atoms with Gasteiger partial charge in [-0.05, 0) is 6.92 Å². The molecule has 0 atom stereocenters. The van der Waals surface area contributed by atoms with E-state index < -0.39 is 16.2 Å². The smallest absolute Gasteiger partial charge is 0.274 e. The lowest BCUT2D eigenvalue weighted by Crippen LogP contribution is -2.29. The minimum absolute atomic E-state index is 0.0165. The van der Waals surface area contributed by atoms with Crippen molar-refractivity contribution >= 4 is 16.2 Å². The average Bonchev–Trinajstić information content (AvgIpc) is 1.59. The molecule has 0 aliphatic heterocycles. The Kier molecular flexibility index (Phi) is 3.31. The number of amides is 1. The maximum atomic E-state index is 10.5. The average molecular weight is 167 g/mol. The second kappa shape index (κ2) is 3.52. The van der Waals surface area contributed by atoms with Gasteiger partial charge in [-0.15, -0.1) is 0 Å². The Morgan fingerprint density at radius 3 is 2.40 bits per heavy atom. The molecule has 10 heavy (non-hydrogen) atoms. The maximum absolute atomic E-state index is 10.5. The molecule has 0 saturated heterocycles. The SMILES string of the molecule is CCOS(=O)(=O)NC(C)=O. The maximum Gasteiger partial charge on any atom is 0.362 e. The van der Waals surface area contributed by atoms with Crippen molar-refractivity contribution < 1.29 is 17.4 Å². The largest absolute Gasteiger partial charge is 0.362 e. The van der Waals surface area contributed by atoms with Crippen molar-refractivity contribution in [1.29, 1.82) is 0 Å². The molecule has 1 N–H and O–H groups in total. The van der Waals surface area contributed by atoms with E-state index in [0.29, 0.717) is 0 Å². The summed E-state index contributed by atoms with van der Waals surface area (Å²) in [6.45, 7) is 2.62. The van der Waals surface area contributed by atoms with E-state index in [9.17, 15) is 13.2 Å². The third kappa shape index (κ3) is 4.28. The van der Waals surface area contributed by atoms with Gasteiger partial charge < -0.3 is 0 Å². The predicted octanol–water partition coefficient (Wildman–Crippen LogP) is -0.596. The van der Waals surface area contributed by atoms with E-state index >= 15 is 0 Å². The van der Waals surface area contributed by atoms with E-state index in [1.165, 1.54) is 6.92 Å². The summed E-state index contributed by atoms with van der Waals surface area (Å²) in [7, 11) is -3.83. The standard InChI is InChI=1S/C4H9NO4S/c1-3-9-10(7,8)5-4(2)6/h3H2,1-2H3,(H,5,6). The third-order valence-corrected chi connectivity index (χ3v) is 1.63. The van der Waals surface area contributed by atoms with E-state index in [1.54, 1.807) is 4.72 Å². The van der Waals surface area contributed by atoms with Gasteiger partial charge >= 0.3 is 10.3 Å². The summed E-state index contributed by atoms with van der Waals surface area (Å²) in [6, 6.07) is 0. The number of carbonyl (C=O) groups excluding carboxylic acids is 1. The van der Waals surface area contributed by atoms with Gasteiger partial charge in [-0.1, -0.05) is 0 Å². The monoisotopic (exact) mass is 167 g/mol. The summed E-state index contributed by atoms with van der Waals surface area (Å²) in [5.74, 6) is -0.659. The highest BCUT2D eigenvalue weighted by atomic mass is 32.2. The molecule has 60 valence electrons. The highest BCUT2D eigenvalue weighted by Gasteiger charge is 2.09. The van der Waals surface area contributed by atoms with Crippen molar-refractivity contribution in [2.45, 2.75) is 13.8 Å². The zero-order valence-corrected chi connectivity index (χ0v) is 6.56. The molecular formula is C4H9NO4S. The predicted molar refractivity (Wildman–Crippen MR) is 34.4 cm³/mol. The lowest BCUT2D eigenvalue weighted by molar-refractivity contribution is -0.117. The molecule has 0 aromatic carbocycles. The van der Waals surface area contributed by atoms with E-state index in [2.05, 4.69) is 4.18 Å². The number of nitrogens with one attached hydrogen (secondary N) is 1. The van der Waals surface area contributed by atoms with E-state index in [-0.39, 0.29) is 6.61 Å². The zero-order valence-electron chi connectivity index (χ0n) is 5.75. The van der Waals surface area contributed by atoms with Crippen molar-refractivity contribution in [3.63, 3.8) is 0 Å². The van der Waals surface area contributed by atoms with Crippen LogP contribution in [0, 0.1) is 0 Å². The van der Waals surface area contributed by atoms with Crippen LogP contribution >= 0.6 is 0 Å². The molecule has 6 heteroatoms. The Hall–Kier alpha value is -0.620. The zero-order chi connectivity index (χ0) is 8.20. The Balaban J connectivity index is 4.02. The van der Waals surface area contributed by atoms with Gasteiger partial charge in [0.15, 0.2) is 0 Å². The molecule has 5 nitrogen and oxygen atoms in total. The number of hydrogen-bond acceptors (Lipinski definition) is 4. The number of hydrogen-bond donors (Lipinski definition) is 1. The van der Waals surface area contributed by atoms with E-state index in [0.717, 1.165) is 6.92 Å². The van der Waals surface area contributed by atoms with E-state index in [1.807, 2.05) is 0 Å². The fourth-order valence-electron chi connectivity index (χ4n) is 0.361. The molecule has 0 rings (SSSR count). The lowest BCUT2D eigenvalue weighted by Gasteiger charge is -2.00.